The molecule has 1 aliphatic heterocycles. The molecule has 1 saturated heterocycles. The summed E-state index contributed by atoms with van der Waals surface area (Å²) in [6.07, 6.45) is 1.11. The average molecular weight is 476 g/mol. The summed E-state index contributed by atoms with van der Waals surface area (Å²) in [6, 6.07) is 7.33. The molecule has 1 aromatic rings. The molecule has 2 atom stereocenters. The average Bonchev–Trinajstić information content (AvgIpc) is 3.27. The maximum Gasteiger partial charge on any atom is 0.396 e. The molecule has 0 aromatic heterocycles. The van der Waals surface area contributed by atoms with Gasteiger partial charge in [0.25, 0.3) is 0 Å². The van der Waals surface area contributed by atoms with E-state index in [1.807, 2.05) is 30.3 Å². The number of nitrogens with zero attached hydrogens (tertiary/aromatic N) is 1. The van der Waals surface area contributed by atoms with Gasteiger partial charge in [-0.2, -0.15) is 0 Å². The predicted octanol–water partition coefficient (Wildman–Crippen LogP) is 0.726. The summed E-state index contributed by atoms with van der Waals surface area (Å²) in [4.78, 5) is 62.9. The highest BCUT2D eigenvalue weighted by atomic mass is 16.6. The van der Waals surface area contributed by atoms with Crippen LogP contribution in [0.3, 0.4) is 0 Å². The van der Waals surface area contributed by atoms with Crippen LogP contribution in [0, 0.1) is 0 Å². The molecule has 2 N–H and O–H groups in total. The van der Waals surface area contributed by atoms with E-state index in [1.54, 1.807) is 20.8 Å². The fraction of sp³-hybridized carbons (Fsp3) is 0.542. The molecule has 1 heterocycles. The highest BCUT2D eigenvalue weighted by Crippen LogP contribution is 2.18. The van der Waals surface area contributed by atoms with Gasteiger partial charge in [0, 0.05) is 19.5 Å². The van der Waals surface area contributed by atoms with E-state index >= 15 is 0 Å². The Bertz CT molecular complexity index is 896. The topological polar surface area (TPSA) is 131 Å². The van der Waals surface area contributed by atoms with E-state index < -0.39 is 47.3 Å². The molecule has 0 unspecified atom stereocenters. The molecule has 186 valence electrons. The first-order valence-corrected chi connectivity index (χ1v) is 11.2. The Kier molecular flexibility index (Phi) is 9.58. The lowest BCUT2D eigenvalue weighted by atomic mass is 10.0. The minimum atomic E-state index is -1.04. The molecule has 0 saturated carbocycles. The number of ether oxygens (including phenoxy) is 2. The second-order valence-electron chi connectivity index (χ2n) is 9.03. The molecular formula is C24H33N3O7. The van der Waals surface area contributed by atoms with Gasteiger partial charge in [-0.15, -0.1) is 0 Å². The summed E-state index contributed by atoms with van der Waals surface area (Å²) in [5.74, 6) is -3.37. The SMILES string of the molecule is COC(=O)C(=O)N1CCC[C@H]1C(=O)N[C@H](Cc1ccccc1)C(=O)NCCC(=O)OC(C)(C)C. The minimum Gasteiger partial charge on any atom is -0.462 e. The Hall–Kier alpha value is -3.43. The van der Waals surface area contributed by atoms with E-state index in [9.17, 15) is 24.0 Å². The first kappa shape index (κ1) is 26.8. The third-order valence-electron chi connectivity index (χ3n) is 5.14. The van der Waals surface area contributed by atoms with E-state index in [1.165, 1.54) is 4.90 Å². The summed E-state index contributed by atoms with van der Waals surface area (Å²) in [5.41, 5.74) is 0.198. The summed E-state index contributed by atoms with van der Waals surface area (Å²) in [6.45, 7) is 5.56. The van der Waals surface area contributed by atoms with Crippen molar-refractivity contribution in [3.63, 3.8) is 0 Å². The van der Waals surface area contributed by atoms with Crippen molar-refractivity contribution in [1.29, 1.82) is 0 Å². The van der Waals surface area contributed by atoms with Crippen LogP contribution in [0.1, 0.15) is 45.6 Å². The van der Waals surface area contributed by atoms with Crippen molar-refractivity contribution in [3.05, 3.63) is 35.9 Å². The minimum absolute atomic E-state index is 0.0148. The van der Waals surface area contributed by atoms with Crippen LogP contribution in [0.25, 0.3) is 0 Å². The van der Waals surface area contributed by atoms with Gasteiger partial charge < -0.3 is 25.0 Å². The number of rotatable bonds is 8. The fourth-order valence-electron chi connectivity index (χ4n) is 3.62. The Morgan fingerprint density at radius 1 is 1.12 bits per heavy atom. The van der Waals surface area contributed by atoms with Crippen LogP contribution < -0.4 is 10.6 Å². The van der Waals surface area contributed by atoms with Crippen molar-refractivity contribution in [2.75, 3.05) is 20.2 Å². The summed E-state index contributed by atoms with van der Waals surface area (Å²) in [7, 11) is 1.10. The summed E-state index contributed by atoms with van der Waals surface area (Å²) in [5, 5.41) is 5.38. The van der Waals surface area contributed by atoms with E-state index in [2.05, 4.69) is 15.4 Å². The lowest BCUT2D eigenvalue weighted by molar-refractivity contribution is -0.159. The van der Waals surface area contributed by atoms with Crippen LogP contribution in [0.5, 0.6) is 0 Å². The van der Waals surface area contributed by atoms with Crippen molar-refractivity contribution < 1.29 is 33.4 Å². The molecule has 1 fully saturated rings. The standard InChI is InChI=1S/C24H33N3O7/c1-24(2,3)34-19(28)12-13-25-20(29)17(15-16-9-6-5-7-10-16)26-21(30)18-11-8-14-27(18)22(31)23(32)33-4/h5-7,9-10,17-18H,8,11-15H2,1-4H3,(H,25,29)(H,26,30)/t17-,18+/m1/s1. The third-order valence-corrected chi connectivity index (χ3v) is 5.14. The monoisotopic (exact) mass is 475 g/mol. The first-order chi connectivity index (χ1) is 16.0. The number of likely N-dealkylation sites (tertiary alicyclic amines) is 1. The van der Waals surface area contributed by atoms with Gasteiger partial charge in [0.15, 0.2) is 0 Å². The van der Waals surface area contributed by atoms with Gasteiger partial charge in [-0.05, 0) is 39.2 Å². The van der Waals surface area contributed by atoms with E-state index in [-0.39, 0.29) is 25.9 Å². The summed E-state index contributed by atoms with van der Waals surface area (Å²) >= 11 is 0. The zero-order valence-corrected chi connectivity index (χ0v) is 20.1. The Labute approximate surface area is 199 Å². The molecule has 10 nitrogen and oxygen atoms in total. The number of esters is 2. The Morgan fingerprint density at radius 3 is 2.41 bits per heavy atom. The van der Waals surface area contributed by atoms with Gasteiger partial charge in [-0.3, -0.25) is 19.2 Å². The van der Waals surface area contributed by atoms with Crippen LogP contribution in [0.2, 0.25) is 0 Å². The Morgan fingerprint density at radius 2 is 1.79 bits per heavy atom. The molecule has 0 radical (unpaired) electrons. The Balaban J connectivity index is 2.05. The van der Waals surface area contributed by atoms with Gasteiger partial charge >= 0.3 is 17.8 Å². The lowest BCUT2D eigenvalue weighted by Crippen LogP contribution is -2.54. The molecule has 0 bridgehead atoms. The van der Waals surface area contributed by atoms with Crippen LogP contribution >= 0.6 is 0 Å². The number of nitrogens with one attached hydrogen (secondary N) is 2. The van der Waals surface area contributed by atoms with Crippen molar-refractivity contribution in [1.82, 2.24) is 15.5 Å². The number of hydrogen-bond donors (Lipinski definition) is 2. The zero-order valence-electron chi connectivity index (χ0n) is 20.1. The number of carbonyl (C=O) groups excluding carboxylic acids is 5. The number of benzene rings is 1. The molecule has 1 aliphatic rings. The van der Waals surface area contributed by atoms with Gasteiger partial charge in [-0.25, -0.2) is 4.79 Å². The number of amides is 3. The zero-order chi connectivity index (χ0) is 25.3. The first-order valence-electron chi connectivity index (χ1n) is 11.2. The van der Waals surface area contributed by atoms with Gasteiger partial charge in [0.05, 0.1) is 13.5 Å². The van der Waals surface area contributed by atoms with Crippen LogP contribution in [-0.2, 0) is 39.9 Å². The van der Waals surface area contributed by atoms with E-state index in [0.717, 1.165) is 12.7 Å². The van der Waals surface area contributed by atoms with Gasteiger partial charge in [0.1, 0.15) is 17.7 Å². The maximum atomic E-state index is 13.0. The van der Waals surface area contributed by atoms with Crippen LogP contribution in [-0.4, -0.2) is 72.4 Å². The quantitative estimate of drug-likeness (QED) is 0.418. The molecule has 34 heavy (non-hydrogen) atoms. The highest BCUT2D eigenvalue weighted by molar-refractivity contribution is 6.32. The normalized spacial score (nSPS) is 16.4. The molecule has 0 spiro atoms. The summed E-state index contributed by atoms with van der Waals surface area (Å²) < 4.78 is 9.72. The smallest absolute Gasteiger partial charge is 0.396 e. The lowest BCUT2D eigenvalue weighted by Gasteiger charge is -2.25. The molecule has 3 amide bonds. The number of hydrogen-bond acceptors (Lipinski definition) is 7. The van der Waals surface area contributed by atoms with E-state index in [0.29, 0.717) is 12.8 Å². The molecular weight excluding hydrogens is 442 g/mol. The van der Waals surface area contributed by atoms with Crippen LogP contribution in [0.4, 0.5) is 0 Å². The van der Waals surface area contributed by atoms with Crippen LogP contribution in [0.15, 0.2) is 30.3 Å². The largest absolute Gasteiger partial charge is 0.462 e. The second kappa shape index (κ2) is 12.2. The van der Waals surface area contributed by atoms with Crippen molar-refractivity contribution in [2.45, 2.75) is 64.1 Å². The van der Waals surface area contributed by atoms with Crippen molar-refractivity contribution in [2.24, 2.45) is 0 Å². The number of carbonyl (C=O) groups is 5. The third kappa shape index (κ3) is 8.17. The van der Waals surface area contributed by atoms with Gasteiger partial charge in [-0.1, -0.05) is 30.3 Å². The number of methoxy groups -OCH3 is 1. The molecule has 10 heteroatoms. The second-order valence-corrected chi connectivity index (χ2v) is 9.03. The molecule has 0 aliphatic carbocycles. The van der Waals surface area contributed by atoms with Crippen molar-refractivity contribution >= 4 is 29.7 Å². The molecule has 1 aromatic carbocycles. The highest BCUT2D eigenvalue weighted by Gasteiger charge is 2.38. The van der Waals surface area contributed by atoms with Crippen molar-refractivity contribution in [3.8, 4) is 0 Å². The maximum absolute atomic E-state index is 13.0. The van der Waals surface area contributed by atoms with Gasteiger partial charge in [0.2, 0.25) is 11.8 Å². The predicted molar refractivity (Wildman–Crippen MR) is 122 cm³/mol. The fourth-order valence-corrected chi connectivity index (χ4v) is 3.62. The van der Waals surface area contributed by atoms with E-state index in [4.69, 9.17) is 4.74 Å². The molecule has 2 rings (SSSR count).